The molecular weight excluding hydrogens is 579 g/mol. The van der Waals surface area contributed by atoms with E-state index in [-0.39, 0.29) is 23.5 Å². The number of benzene rings is 2. The van der Waals surface area contributed by atoms with E-state index >= 15 is 0 Å². The molecule has 4 atom stereocenters. The molecule has 6 heterocycles. The number of ether oxygens (including phenoxy) is 1. The van der Waals surface area contributed by atoms with Crippen LogP contribution in [0.3, 0.4) is 0 Å². The van der Waals surface area contributed by atoms with Crippen molar-refractivity contribution < 1.29 is 13.9 Å². The molecule has 0 bridgehead atoms. The van der Waals surface area contributed by atoms with Crippen molar-refractivity contribution >= 4 is 39.8 Å². The summed E-state index contributed by atoms with van der Waals surface area (Å²) in [6.07, 6.45) is 5.69. The molecule has 4 fully saturated rings. The molecule has 230 valence electrons. The van der Waals surface area contributed by atoms with E-state index in [4.69, 9.17) is 26.3 Å². The van der Waals surface area contributed by atoms with E-state index in [1.807, 2.05) is 17.0 Å². The average Bonchev–Trinajstić information content (AvgIpc) is 3.80. The van der Waals surface area contributed by atoms with Crippen LogP contribution in [0.2, 0.25) is 5.02 Å². The van der Waals surface area contributed by atoms with Crippen molar-refractivity contribution in [1.82, 2.24) is 19.8 Å². The van der Waals surface area contributed by atoms with Crippen LogP contribution >= 0.6 is 11.6 Å². The van der Waals surface area contributed by atoms with Gasteiger partial charge in [0.15, 0.2) is 0 Å². The van der Waals surface area contributed by atoms with Crippen molar-refractivity contribution in [2.45, 2.75) is 68.9 Å². The molecule has 4 saturated heterocycles. The molecule has 8 nitrogen and oxygen atoms in total. The lowest BCUT2D eigenvalue weighted by Gasteiger charge is -2.35. The van der Waals surface area contributed by atoms with Gasteiger partial charge >= 0.3 is 6.01 Å². The van der Waals surface area contributed by atoms with Crippen LogP contribution in [0.15, 0.2) is 49.1 Å². The lowest BCUT2D eigenvalue weighted by Crippen LogP contribution is -2.44. The molecule has 0 saturated carbocycles. The largest absolute Gasteiger partial charge is 0.461 e. The molecule has 3 aromatic rings. The summed E-state index contributed by atoms with van der Waals surface area (Å²) in [5, 5.41) is 2.90. The molecule has 44 heavy (non-hydrogen) atoms. The van der Waals surface area contributed by atoms with Crippen molar-refractivity contribution in [3.8, 4) is 6.01 Å². The Morgan fingerprint density at radius 3 is 2.82 bits per heavy atom. The van der Waals surface area contributed by atoms with Gasteiger partial charge in [0.25, 0.3) is 0 Å². The number of anilines is 2. The topological polar surface area (TPSA) is 65.0 Å². The van der Waals surface area contributed by atoms with Gasteiger partial charge in [0, 0.05) is 49.2 Å². The van der Waals surface area contributed by atoms with E-state index in [1.165, 1.54) is 6.08 Å². The van der Waals surface area contributed by atoms with Crippen molar-refractivity contribution in [3.63, 3.8) is 0 Å². The number of likely N-dealkylation sites (tertiary alicyclic amines) is 1. The van der Waals surface area contributed by atoms with Gasteiger partial charge < -0.3 is 19.4 Å². The maximum absolute atomic E-state index is 14.5. The third-order valence-corrected chi connectivity index (χ3v) is 11.0. The smallest absolute Gasteiger partial charge is 0.318 e. The number of halogens is 2. The van der Waals surface area contributed by atoms with E-state index < -0.39 is 6.17 Å². The van der Waals surface area contributed by atoms with E-state index in [9.17, 15) is 9.18 Å². The van der Waals surface area contributed by atoms with E-state index in [1.54, 1.807) is 0 Å². The van der Waals surface area contributed by atoms with E-state index in [2.05, 4.69) is 45.5 Å². The maximum atomic E-state index is 14.5. The fraction of sp³-hybridized carbons (Fsp3) is 0.500. The van der Waals surface area contributed by atoms with Crippen LogP contribution in [-0.4, -0.2) is 88.8 Å². The average molecular weight is 617 g/mol. The predicted octanol–water partition coefficient (Wildman–Crippen LogP) is 5.17. The minimum absolute atomic E-state index is 0.000540. The molecule has 8 rings (SSSR count). The van der Waals surface area contributed by atoms with Crippen LogP contribution < -0.4 is 14.5 Å². The van der Waals surface area contributed by atoms with Gasteiger partial charge in [0.05, 0.1) is 34.9 Å². The minimum Gasteiger partial charge on any atom is -0.461 e. The highest BCUT2D eigenvalue weighted by atomic mass is 35.5. The highest BCUT2D eigenvalue weighted by Gasteiger charge is 2.50. The molecular formula is C34H38ClFN6O2. The number of rotatable bonds is 6. The lowest BCUT2D eigenvalue weighted by atomic mass is 9.95. The molecule has 0 N–H and O–H groups in total. The first-order valence-electron chi connectivity index (χ1n) is 16.0. The number of aromatic nitrogens is 2. The second-order valence-corrected chi connectivity index (χ2v) is 13.5. The number of carbonyl (C=O) groups excluding carboxylic acids is 1. The summed E-state index contributed by atoms with van der Waals surface area (Å²) in [6.45, 7) is 8.48. The van der Waals surface area contributed by atoms with Crippen LogP contribution in [0.25, 0.3) is 10.8 Å². The molecule has 0 radical (unpaired) electrons. The summed E-state index contributed by atoms with van der Waals surface area (Å²) in [6, 6.07) is 13.0. The summed E-state index contributed by atoms with van der Waals surface area (Å²) in [5.41, 5.74) is 2.92. The number of carbonyl (C=O) groups is 1. The number of hydrogen-bond donors (Lipinski definition) is 0. The quantitative estimate of drug-likeness (QED) is 0.354. The number of alkyl halides is 1. The third kappa shape index (κ3) is 4.53. The Morgan fingerprint density at radius 2 is 1.95 bits per heavy atom. The number of hydrogen-bond acceptors (Lipinski definition) is 7. The van der Waals surface area contributed by atoms with Gasteiger partial charge in [-0.2, -0.15) is 9.97 Å². The van der Waals surface area contributed by atoms with Crippen molar-refractivity contribution in [1.29, 1.82) is 0 Å². The number of nitrogens with zero attached hydrogens (tertiary/aromatic N) is 6. The summed E-state index contributed by atoms with van der Waals surface area (Å²) in [4.78, 5) is 31.7. The highest BCUT2D eigenvalue weighted by Crippen LogP contribution is 2.42. The fourth-order valence-electron chi connectivity index (χ4n) is 8.72. The highest BCUT2D eigenvalue weighted by molar-refractivity contribution is 6.36. The minimum atomic E-state index is -0.815. The fourth-order valence-corrected chi connectivity index (χ4v) is 9.00. The Balaban J connectivity index is 1.15. The molecule has 5 aliphatic heterocycles. The molecule has 0 unspecified atom stereocenters. The monoisotopic (exact) mass is 616 g/mol. The second-order valence-electron chi connectivity index (χ2n) is 13.0. The van der Waals surface area contributed by atoms with Crippen LogP contribution in [0.5, 0.6) is 6.01 Å². The van der Waals surface area contributed by atoms with Gasteiger partial charge in [-0.05, 0) is 62.2 Å². The third-order valence-electron chi connectivity index (χ3n) is 10.7. The summed E-state index contributed by atoms with van der Waals surface area (Å²) in [5.74, 6) is 0.928. The van der Waals surface area contributed by atoms with Crippen LogP contribution in [0.4, 0.5) is 15.9 Å². The van der Waals surface area contributed by atoms with Gasteiger partial charge in [-0.3, -0.25) is 9.69 Å². The normalized spacial score (nSPS) is 28.0. The van der Waals surface area contributed by atoms with Crippen molar-refractivity contribution in [3.05, 3.63) is 65.3 Å². The Morgan fingerprint density at radius 1 is 1.11 bits per heavy atom. The predicted molar refractivity (Wildman–Crippen MR) is 170 cm³/mol. The van der Waals surface area contributed by atoms with Gasteiger partial charge in [0.1, 0.15) is 18.6 Å². The van der Waals surface area contributed by atoms with E-state index in [0.29, 0.717) is 32.1 Å². The zero-order valence-electron chi connectivity index (χ0n) is 24.9. The number of amides is 1. The number of fused-ring (bicyclic) bond motifs is 4. The summed E-state index contributed by atoms with van der Waals surface area (Å²) in [7, 11) is 0. The second kappa shape index (κ2) is 10.9. The summed E-state index contributed by atoms with van der Waals surface area (Å²) >= 11 is 6.73. The molecule has 10 heteroatoms. The Hall–Kier alpha value is -3.43. The van der Waals surface area contributed by atoms with Gasteiger partial charge in [-0.15, -0.1) is 0 Å². The SMILES string of the molecule is C=CC(=O)N1CC[C@H]2[C@H]1CCN2c1nc(OC[C@@]23CCCN2C[C@H](F)C3)nc2c1CCN(c1cccc3cccc(Cl)c13)C2. The van der Waals surface area contributed by atoms with E-state index in [0.717, 1.165) is 96.8 Å². The van der Waals surface area contributed by atoms with Crippen LogP contribution in [-0.2, 0) is 17.8 Å². The van der Waals surface area contributed by atoms with Crippen molar-refractivity contribution in [2.75, 3.05) is 49.1 Å². The maximum Gasteiger partial charge on any atom is 0.318 e. The molecule has 5 aliphatic rings. The van der Waals surface area contributed by atoms with Crippen LogP contribution in [0.1, 0.15) is 43.4 Å². The Bertz CT molecular complexity index is 1630. The first kappa shape index (κ1) is 28.1. The lowest BCUT2D eigenvalue weighted by molar-refractivity contribution is -0.126. The first-order chi connectivity index (χ1) is 21.4. The molecule has 0 spiro atoms. The Kier molecular flexibility index (Phi) is 6.94. The van der Waals surface area contributed by atoms with Gasteiger partial charge in [-0.25, -0.2) is 4.39 Å². The van der Waals surface area contributed by atoms with Crippen LogP contribution in [0, 0.1) is 0 Å². The van der Waals surface area contributed by atoms with Gasteiger partial charge in [0.2, 0.25) is 5.91 Å². The van der Waals surface area contributed by atoms with Crippen molar-refractivity contribution in [2.24, 2.45) is 0 Å². The molecule has 1 amide bonds. The molecule has 1 aromatic heterocycles. The molecule has 0 aliphatic carbocycles. The van der Waals surface area contributed by atoms with Gasteiger partial charge in [-0.1, -0.05) is 42.4 Å². The zero-order valence-corrected chi connectivity index (χ0v) is 25.7. The Labute approximate surface area is 262 Å². The molecule has 2 aromatic carbocycles. The first-order valence-corrected chi connectivity index (χ1v) is 16.4. The zero-order chi connectivity index (χ0) is 30.0. The summed E-state index contributed by atoms with van der Waals surface area (Å²) < 4.78 is 21.0. The standard InChI is InChI=1S/C34H38ClFN6O2/c1-2-30(43)41-16-11-28-27(41)12-17-42(28)32-24-10-15-39(29-9-4-7-22-6-3-8-25(35)31(22)29)20-26(24)37-33(38-32)44-21-34-13-5-14-40(34)19-23(36)18-34/h2-4,6-9,23,27-28H,1,5,10-21H2/t23-,27-,28+,34+/m1/s1.